The second-order valence-corrected chi connectivity index (χ2v) is 2.54. The third kappa shape index (κ3) is 4.86. The highest BCUT2D eigenvalue weighted by atomic mass is 16.1. The number of rotatable bonds is 5. The number of aliphatic imine (C=N–C) groups is 2. The van der Waals surface area contributed by atoms with Gasteiger partial charge in [0, 0.05) is 0 Å². The summed E-state index contributed by atoms with van der Waals surface area (Å²) in [6.07, 6.45) is 5.40. The molecule has 0 spiro atoms. The molecule has 0 amide bonds. The molecule has 0 rings (SSSR count). The fourth-order valence-electron chi connectivity index (χ4n) is 0.850. The van der Waals surface area contributed by atoms with Crippen LogP contribution in [0.3, 0.4) is 0 Å². The van der Waals surface area contributed by atoms with Crippen LogP contribution in [-0.4, -0.2) is 12.2 Å². The number of hydrogen-bond donors (Lipinski definition) is 0. The lowest BCUT2D eigenvalue weighted by Crippen LogP contribution is -1.84. The van der Waals surface area contributed by atoms with Crippen LogP contribution in [-0.2, 0) is 9.59 Å². The Labute approximate surface area is 77.1 Å². The van der Waals surface area contributed by atoms with E-state index in [0.717, 1.165) is 12.8 Å². The van der Waals surface area contributed by atoms with E-state index in [1.54, 1.807) is 6.92 Å². The molecule has 0 aliphatic heterocycles. The minimum absolute atomic E-state index is 0.437. The summed E-state index contributed by atoms with van der Waals surface area (Å²) in [5.41, 5.74) is 0.951. The van der Waals surface area contributed by atoms with E-state index in [1.165, 1.54) is 12.2 Å². The van der Waals surface area contributed by atoms with Crippen LogP contribution in [0.5, 0.6) is 0 Å². The maximum Gasteiger partial charge on any atom is 0.240 e. The molecule has 0 radical (unpaired) electrons. The molecule has 0 aliphatic rings. The molecule has 0 unspecified atom stereocenters. The first-order valence-corrected chi connectivity index (χ1v) is 4.11. The van der Waals surface area contributed by atoms with E-state index in [9.17, 15) is 9.59 Å². The van der Waals surface area contributed by atoms with Gasteiger partial charge in [-0.1, -0.05) is 13.3 Å². The molecule has 4 nitrogen and oxygen atoms in total. The number of allylic oxidation sites excluding steroid dienone is 2. The standard InChI is InChI=1S/C9H12N2O2/c1-3-4-5-9(11-7-13)8(2)10-6-12/h3-5H2,1-2H3/b9-8+. The molecule has 0 aromatic rings. The van der Waals surface area contributed by atoms with Crippen molar-refractivity contribution >= 4 is 12.2 Å². The van der Waals surface area contributed by atoms with Gasteiger partial charge in [-0.25, -0.2) is 9.59 Å². The van der Waals surface area contributed by atoms with Crippen LogP contribution in [0, 0.1) is 0 Å². The quantitative estimate of drug-likeness (QED) is 0.480. The van der Waals surface area contributed by atoms with Crippen molar-refractivity contribution in [2.75, 3.05) is 0 Å². The predicted octanol–water partition coefficient (Wildman–Crippen LogP) is 2.08. The summed E-state index contributed by atoms with van der Waals surface area (Å²) >= 11 is 0. The molecule has 0 bridgehead atoms. The van der Waals surface area contributed by atoms with Gasteiger partial charge in [0.25, 0.3) is 0 Å². The van der Waals surface area contributed by atoms with Gasteiger partial charge in [-0.15, -0.1) is 0 Å². The van der Waals surface area contributed by atoms with Crippen LogP contribution >= 0.6 is 0 Å². The van der Waals surface area contributed by atoms with Crippen LogP contribution in [0.2, 0.25) is 0 Å². The molecule has 0 saturated heterocycles. The molecule has 0 saturated carbocycles. The van der Waals surface area contributed by atoms with E-state index in [1.807, 2.05) is 6.92 Å². The predicted molar refractivity (Wildman–Crippen MR) is 48.5 cm³/mol. The van der Waals surface area contributed by atoms with Crippen LogP contribution in [0.25, 0.3) is 0 Å². The summed E-state index contributed by atoms with van der Waals surface area (Å²) in [6.45, 7) is 3.65. The van der Waals surface area contributed by atoms with Crippen molar-refractivity contribution < 1.29 is 9.59 Å². The van der Waals surface area contributed by atoms with Gasteiger partial charge in [0.2, 0.25) is 12.2 Å². The zero-order valence-corrected chi connectivity index (χ0v) is 7.83. The van der Waals surface area contributed by atoms with Crippen LogP contribution in [0.4, 0.5) is 0 Å². The largest absolute Gasteiger partial charge is 0.240 e. The number of unbranched alkanes of at least 4 members (excludes halogenated alkanes) is 1. The molecule has 0 aromatic heterocycles. The molecule has 0 N–H and O–H groups in total. The average Bonchev–Trinajstić information content (AvgIpc) is 2.12. The lowest BCUT2D eigenvalue weighted by Gasteiger charge is -1.98. The van der Waals surface area contributed by atoms with E-state index < -0.39 is 0 Å². The summed E-state index contributed by atoms with van der Waals surface area (Å²) in [7, 11) is 0. The van der Waals surface area contributed by atoms with Crippen molar-refractivity contribution in [2.24, 2.45) is 9.98 Å². The fraction of sp³-hybridized carbons (Fsp3) is 0.556. The maximum atomic E-state index is 10.0. The third-order valence-electron chi connectivity index (χ3n) is 1.58. The summed E-state index contributed by atoms with van der Waals surface area (Å²) in [4.78, 5) is 26.8. The third-order valence-corrected chi connectivity index (χ3v) is 1.58. The molecule has 0 atom stereocenters. The topological polar surface area (TPSA) is 58.9 Å². The van der Waals surface area contributed by atoms with Gasteiger partial charge >= 0.3 is 0 Å². The number of carbonyl (C=O) groups excluding carboxylic acids is 2. The molecule has 0 fully saturated rings. The first-order valence-electron chi connectivity index (χ1n) is 4.11. The van der Waals surface area contributed by atoms with Crippen LogP contribution in [0.1, 0.15) is 33.1 Å². The number of nitrogens with zero attached hydrogens (tertiary/aromatic N) is 2. The van der Waals surface area contributed by atoms with Crippen molar-refractivity contribution in [3.05, 3.63) is 11.4 Å². The van der Waals surface area contributed by atoms with Gasteiger partial charge in [0.1, 0.15) is 0 Å². The second kappa shape index (κ2) is 7.17. The van der Waals surface area contributed by atoms with Gasteiger partial charge in [-0.05, 0) is 19.8 Å². The minimum Gasteiger partial charge on any atom is -0.211 e. The Morgan fingerprint density at radius 3 is 2.31 bits per heavy atom. The first kappa shape index (κ1) is 11.5. The van der Waals surface area contributed by atoms with Gasteiger partial charge in [-0.3, -0.25) is 0 Å². The Bertz CT molecular complexity index is 282. The Morgan fingerprint density at radius 1 is 1.23 bits per heavy atom. The lowest BCUT2D eigenvalue weighted by molar-refractivity contribution is 0.562. The van der Waals surface area contributed by atoms with E-state index >= 15 is 0 Å². The van der Waals surface area contributed by atoms with E-state index in [-0.39, 0.29) is 0 Å². The molecule has 0 aliphatic carbocycles. The average molecular weight is 180 g/mol. The van der Waals surface area contributed by atoms with E-state index in [0.29, 0.717) is 17.8 Å². The van der Waals surface area contributed by atoms with Crippen LogP contribution < -0.4 is 0 Å². The molecular formula is C9H12N2O2. The Morgan fingerprint density at radius 2 is 1.85 bits per heavy atom. The van der Waals surface area contributed by atoms with Crippen molar-refractivity contribution in [3.63, 3.8) is 0 Å². The molecular weight excluding hydrogens is 168 g/mol. The number of hydrogen-bond acceptors (Lipinski definition) is 4. The fourth-order valence-corrected chi connectivity index (χ4v) is 0.850. The Kier molecular flexibility index (Phi) is 6.34. The van der Waals surface area contributed by atoms with Gasteiger partial charge in [0.15, 0.2) is 0 Å². The Balaban J connectivity index is 4.65. The van der Waals surface area contributed by atoms with Gasteiger partial charge < -0.3 is 0 Å². The molecule has 0 aromatic carbocycles. The first-order chi connectivity index (χ1) is 6.26. The minimum atomic E-state index is 0.437. The van der Waals surface area contributed by atoms with Crippen molar-refractivity contribution in [3.8, 4) is 0 Å². The highest BCUT2D eigenvalue weighted by molar-refractivity contribution is 5.41. The monoisotopic (exact) mass is 180 g/mol. The molecule has 13 heavy (non-hydrogen) atoms. The molecule has 0 heterocycles. The van der Waals surface area contributed by atoms with Gasteiger partial charge in [-0.2, -0.15) is 9.98 Å². The zero-order chi connectivity index (χ0) is 10.1. The Hall–Kier alpha value is -1.50. The van der Waals surface area contributed by atoms with Crippen LogP contribution in [0.15, 0.2) is 21.4 Å². The SMILES string of the molecule is CCCC/C(N=C=O)=C(/C)N=C=O. The summed E-state index contributed by atoms with van der Waals surface area (Å²) in [6, 6.07) is 0. The van der Waals surface area contributed by atoms with E-state index in [2.05, 4.69) is 9.98 Å². The lowest BCUT2D eigenvalue weighted by atomic mass is 10.2. The highest BCUT2D eigenvalue weighted by Gasteiger charge is 1.99. The van der Waals surface area contributed by atoms with E-state index in [4.69, 9.17) is 0 Å². The van der Waals surface area contributed by atoms with Crippen molar-refractivity contribution in [1.29, 1.82) is 0 Å². The molecule has 4 heteroatoms. The summed E-state index contributed by atoms with van der Waals surface area (Å²) in [5, 5.41) is 0. The zero-order valence-electron chi connectivity index (χ0n) is 7.83. The van der Waals surface area contributed by atoms with Gasteiger partial charge in [0.05, 0.1) is 11.4 Å². The second-order valence-electron chi connectivity index (χ2n) is 2.54. The molecule has 70 valence electrons. The van der Waals surface area contributed by atoms with Crippen molar-refractivity contribution in [1.82, 2.24) is 0 Å². The maximum absolute atomic E-state index is 10.0. The number of isocyanates is 2. The highest BCUT2D eigenvalue weighted by Crippen LogP contribution is 2.13. The van der Waals surface area contributed by atoms with Crippen molar-refractivity contribution in [2.45, 2.75) is 33.1 Å². The smallest absolute Gasteiger partial charge is 0.211 e. The normalized spacial score (nSPS) is 10.9. The summed E-state index contributed by atoms with van der Waals surface area (Å²) in [5.74, 6) is 0. The summed E-state index contributed by atoms with van der Waals surface area (Å²) < 4.78 is 0.